The number of rotatable bonds is 4. The Kier molecular flexibility index (Phi) is 5.28. The van der Waals surface area contributed by atoms with Gasteiger partial charge in [0, 0.05) is 40.8 Å². The summed E-state index contributed by atoms with van der Waals surface area (Å²) < 4.78 is 34.1. The number of amidine groups is 1. The molecule has 8 nitrogen and oxygen atoms in total. The number of ether oxygens (including phenoxy) is 1. The number of Topliss-reactive ketones (excluding diaryl/α,β-unsaturated/α-hetero) is 1. The Hall–Kier alpha value is -3.46. The van der Waals surface area contributed by atoms with Crippen LogP contribution in [0.5, 0.6) is 0 Å². The fourth-order valence-corrected chi connectivity index (χ4v) is 5.87. The lowest BCUT2D eigenvalue weighted by Gasteiger charge is -2.32. The molecule has 5 rings (SSSR count). The maximum absolute atomic E-state index is 12.8. The van der Waals surface area contributed by atoms with Crippen molar-refractivity contribution < 1.29 is 22.7 Å². The standard InChI is InChI=1S/C24H23N3O5S/c1-15-22(17-8-2-4-10-19(17)25-15)20(28)14-32-24(29)16-7-6-12-27(13-16)23-18-9-3-5-11-21(18)33(30,31)26-23/h2-5,8-11,16,25H,6-7,12-14H2,1H3. The largest absolute Gasteiger partial charge is 0.457 e. The van der Waals surface area contributed by atoms with Gasteiger partial charge in [0.1, 0.15) is 4.90 Å². The molecule has 1 fully saturated rings. The molecule has 170 valence electrons. The lowest BCUT2D eigenvalue weighted by molar-refractivity contribution is -0.148. The molecular weight excluding hydrogens is 442 g/mol. The van der Waals surface area contributed by atoms with Crippen molar-refractivity contribution in [3.05, 3.63) is 65.4 Å². The van der Waals surface area contributed by atoms with Crippen molar-refractivity contribution in [2.24, 2.45) is 10.3 Å². The molecule has 3 aromatic rings. The number of hydrogen-bond donors (Lipinski definition) is 1. The van der Waals surface area contributed by atoms with Gasteiger partial charge in [0.25, 0.3) is 10.0 Å². The number of benzene rings is 2. The molecule has 1 N–H and O–H groups in total. The number of aromatic nitrogens is 1. The van der Waals surface area contributed by atoms with E-state index in [-0.39, 0.29) is 17.3 Å². The molecule has 0 amide bonds. The summed E-state index contributed by atoms with van der Waals surface area (Å²) >= 11 is 0. The summed E-state index contributed by atoms with van der Waals surface area (Å²) in [4.78, 5) is 30.8. The van der Waals surface area contributed by atoms with Crippen LogP contribution < -0.4 is 0 Å². The van der Waals surface area contributed by atoms with Crippen molar-refractivity contribution >= 4 is 38.5 Å². The molecule has 1 atom stereocenters. The number of hydrogen-bond acceptors (Lipinski definition) is 6. The quantitative estimate of drug-likeness (QED) is 0.469. The number of carbonyl (C=O) groups is 2. The number of fused-ring (bicyclic) bond motifs is 2. The van der Waals surface area contributed by atoms with E-state index >= 15 is 0 Å². The normalized spacial score (nSPS) is 19.2. The summed E-state index contributed by atoms with van der Waals surface area (Å²) in [6.45, 7) is 2.38. The second-order valence-electron chi connectivity index (χ2n) is 8.37. The Morgan fingerprint density at radius 3 is 2.76 bits per heavy atom. The average Bonchev–Trinajstić information content (AvgIpc) is 3.30. The molecule has 2 aromatic carbocycles. The molecule has 33 heavy (non-hydrogen) atoms. The fourth-order valence-electron chi connectivity index (χ4n) is 4.64. The van der Waals surface area contributed by atoms with E-state index in [1.165, 1.54) is 6.07 Å². The number of para-hydroxylation sites is 1. The van der Waals surface area contributed by atoms with Gasteiger partial charge in [-0.3, -0.25) is 9.59 Å². The van der Waals surface area contributed by atoms with Crippen LogP contribution in [0.2, 0.25) is 0 Å². The van der Waals surface area contributed by atoms with Crippen LogP contribution >= 0.6 is 0 Å². The number of nitrogens with zero attached hydrogens (tertiary/aromatic N) is 2. The maximum atomic E-state index is 12.8. The highest BCUT2D eigenvalue weighted by Crippen LogP contribution is 2.30. The number of esters is 1. The Bertz CT molecular complexity index is 1410. The van der Waals surface area contributed by atoms with Crippen molar-refractivity contribution in [1.29, 1.82) is 0 Å². The van der Waals surface area contributed by atoms with Crippen LogP contribution in [0.15, 0.2) is 57.8 Å². The van der Waals surface area contributed by atoms with Crippen molar-refractivity contribution in [3.63, 3.8) is 0 Å². The zero-order chi connectivity index (χ0) is 23.2. The fraction of sp³-hybridized carbons (Fsp3) is 0.292. The van der Waals surface area contributed by atoms with E-state index < -0.39 is 21.9 Å². The minimum Gasteiger partial charge on any atom is -0.457 e. The lowest BCUT2D eigenvalue weighted by atomic mass is 9.97. The van der Waals surface area contributed by atoms with Crippen molar-refractivity contribution in [3.8, 4) is 0 Å². The number of sulfonamides is 1. The Morgan fingerprint density at radius 2 is 1.91 bits per heavy atom. The maximum Gasteiger partial charge on any atom is 0.311 e. The molecule has 0 radical (unpaired) electrons. The first kappa shape index (κ1) is 21.4. The molecule has 1 saturated heterocycles. The zero-order valence-corrected chi connectivity index (χ0v) is 18.9. The van der Waals surface area contributed by atoms with Gasteiger partial charge in [-0.15, -0.1) is 4.40 Å². The zero-order valence-electron chi connectivity index (χ0n) is 18.1. The first-order chi connectivity index (χ1) is 15.8. The monoisotopic (exact) mass is 465 g/mol. The van der Waals surface area contributed by atoms with Gasteiger partial charge < -0.3 is 14.6 Å². The number of H-pyrrole nitrogens is 1. The Labute approximate surface area is 191 Å². The molecule has 1 aromatic heterocycles. The number of aryl methyl sites for hydroxylation is 1. The molecule has 0 aliphatic carbocycles. The molecule has 2 aliphatic heterocycles. The average molecular weight is 466 g/mol. The van der Waals surface area contributed by atoms with E-state index in [0.717, 1.165) is 16.6 Å². The first-order valence-electron chi connectivity index (χ1n) is 10.8. The predicted octanol–water partition coefficient (Wildman–Crippen LogP) is 3.06. The highest BCUT2D eigenvalue weighted by atomic mass is 32.2. The molecule has 1 unspecified atom stereocenters. The molecule has 2 aliphatic rings. The molecule has 0 bridgehead atoms. The van der Waals surface area contributed by atoms with E-state index in [2.05, 4.69) is 9.38 Å². The topological polar surface area (TPSA) is 109 Å². The van der Waals surface area contributed by atoms with Gasteiger partial charge in [-0.2, -0.15) is 8.42 Å². The van der Waals surface area contributed by atoms with Crippen LogP contribution in [-0.4, -0.2) is 55.6 Å². The summed E-state index contributed by atoms with van der Waals surface area (Å²) in [5.74, 6) is -0.811. The van der Waals surface area contributed by atoms with Crippen LogP contribution in [0, 0.1) is 12.8 Å². The van der Waals surface area contributed by atoms with Gasteiger partial charge in [0.05, 0.1) is 5.92 Å². The summed E-state index contributed by atoms with van der Waals surface area (Å²) in [6, 6.07) is 14.2. The van der Waals surface area contributed by atoms with Crippen LogP contribution in [0.4, 0.5) is 0 Å². The number of aromatic amines is 1. The Balaban J connectivity index is 1.27. The lowest BCUT2D eigenvalue weighted by Crippen LogP contribution is -2.43. The van der Waals surface area contributed by atoms with Gasteiger partial charge in [0.2, 0.25) is 5.78 Å². The van der Waals surface area contributed by atoms with Crippen LogP contribution in [0.3, 0.4) is 0 Å². The summed E-state index contributed by atoms with van der Waals surface area (Å²) in [6.07, 6.45) is 1.30. The van der Waals surface area contributed by atoms with Crippen LogP contribution in [0.1, 0.15) is 34.5 Å². The van der Waals surface area contributed by atoms with Gasteiger partial charge in [-0.05, 0) is 38.0 Å². The number of ketones is 1. The molecular formula is C24H23N3O5S. The summed E-state index contributed by atoms with van der Waals surface area (Å²) in [5, 5.41) is 0.805. The third kappa shape index (κ3) is 3.82. The SMILES string of the molecule is Cc1[nH]c2ccccc2c1C(=O)COC(=O)C1CCCN(C2=NS(=O)(=O)c3ccccc32)C1. The van der Waals surface area contributed by atoms with Gasteiger partial charge in [-0.25, -0.2) is 0 Å². The highest BCUT2D eigenvalue weighted by Gasteiger charge is 2.35. The molecule has 9 heteroatoms. The van der Waals surface area contributed by atoms with E-state index in [4.69, 9.17) is 4.74 Å². The van der Waals surface area contributed by atoms with E-state index in [9.17, 15) is 18.0 Å². The second-order valence-corrected chi connectivity index (χ2v) is 9.95. The number of piperidine rings is 1. The van der Waals surface area contributed by atoms with Gasteiger partial charge >= 0.3 is 5.97 Å². The first-order valence-corrected chi connectivity index (χ1v) is 12.3. The van der Waals surface area contributed by atoms with Gasteiger partial charge in [-0.1, -0.05) is 30.3 Å². The van der Waals surface area contributed by atoms with Crippen molar-refractivity contribution in [1.82, 2.24) is 9.88 Å². The molecule has 0 spiro atoms. The molecule has 0 saturated carbocycles. The minimum absolute atomic E-state index is 0.185. The van der Waals surface area contributed by atoms with Crippen LogP contribution in [-0.2, 0) is 19.6 Å². The van der Waals surface area contributed by atoms with E-state index in [0.29, 0.717) is 42.9 Å². The van der Waals surface area contributed by atoms with Gasteiger partial charge in [0.15, 0.2) is 12.4 Å². The highest BCUT2D eigenvalue weighted by molar-refractivity contribution is 7.90. The minimum atomic E-state index is -3.73. The van der Waals surface area contributed by atoms with Crippen molar-refractivity contribution in [2.75, 3.05) is 19.7 Å². The number of carbonyl (C=O) groups excluding carboxylic acids is 2. The smallest absolute Gasteiger partial charge is 0.311 e. The predicted molar refractivity (Wildman–Crippen MR) is 123 cm³/mol. The number of likely N-dealkylation sites (tertiary alicyclic amines) is 1. The number of nitrogens with one attached hydrogen (secondary N) is 1. The summed E-state index contributed by atoms with van der Waals surface area (Å²) in [7, 11) is -3.73. The van der Waals surface area contributed by atoms with E-state index in [1.807, 2.05) is 36.1 Å². The van der Waals surface area contributed by atoms with Crippen molar-refractivity contribution in [2.45, 2.75) is 24.7 Å². The molecule has 3 heterocycles. The second kappa shape index (κ2) is 8.15. The third-order valence-corrected chi connectivity index (χ3v) is 7.51. The summed E-state index contributed by atoms with van der Waals surface area (Å²) in [5.41, 5.74) is 2.68. The Morgan fingerprint density at radius 1 is 1.15 bits per heavy atom. The van der Waals surface area contributed by atoms with E-state index in [1.54, 1.807) is 18.2 Å². The third-order valence-electron chi connectivity index (χ3n) is 6.18. The van der Waals surface area contributed by atoms with Crippen LogP contribution in [0.25, 0.3) is 10.9 Å².